The zero-order valence-corrected chi connectivity index (χ0v) is 14.3. The Morgan fingerprint density at radius 1 is 1.50 bits per heavy atom. The lowest BCUT2D eigenvalue weighted by Crippen LogP contribution is -2.41. The number of nitrogens with one attached hydrogen (secondary N) is 1. The normalized spacial score (nSPS) is 21.7. The molecule has 1 fully saturated rings. The van der Waals surface area contributed by atoms with Crippen LogP contribution in [0.5, 0.6) is 0 Å². The standard InChI is InChI=1S/C15H26N4O2S/c1-12-6-3-4-7-13(12)17-14(20)10-22-15-18-16-11-19(15)8-5-9-21-2/h11-13H,3-10H2,1-2H3,(H,17,20). The van der Waals surface area contributed by atoms with Crippen LogP contribution in [0, 0.1) is 5.92 Å². The van der Waals surface area contributed by atoms with Crippen molar-refractivity contribution in [2.45, 2.75) is 56.8 Å². The summed E-state index contributed by atoms with van der Waals surface area (Å²) in [4.78, 5) is 12.1. The molecule has 124 valence electrons. The molecule has 6 nitrogen and oxygen atoms in total. The zero-order chi connectivity index (χ0) is 15.8. The summed E-state index contributed by atoms with van der Waals surface area (Å²) in [6.07, 6.45) is 7.44. The molecule has 7 heteroatoms. The predicted molar refractivity (Wildman–Crippen MR) is 86.8 cm³/mol. The molecule has 1 aromatic rings. The number of carbonyl (C=O) groups is 1. The Morgan fingerprint density at radius 2 is 2.32 bits per heavy atom. The van der Waals surface area contributed by atoms with Gasteiger partial charge in [-0.05, 0) is 25.2 Å². The average Bonchev–Trinajstić information content (AvgIpc) is 2.95. The van der Waals surface area contributed by atoms with Crippen molar-refractivity contribution in [3.63, 3.8) is 0 Å². The number of hydrogen-bond acceptors (Lipinski definition) is 5. The fourth-order valence-corrected chi connectivity index (χ4v) is 3.55. The molecule has 0 spiro atoms. The number of hydrogen-bond donors (Lipinski definition) is 1. The topological polar surface area (TPSA) is 69.0 Å². The second-order valence-corrected chi connectivity index (χ2v) is 6.82. The van der Waals surface area contributed by atoms with Gasteiger partial charge in [0, 0.05) is 26.3 Å². The molecule has 22 heavy (non-hydrogen) atoms. The summed E-state index contributed by atoms with van der Waals surface area (Å²) in [5.41, 5.74) is 0. The summed E-state index contributed by atoms with van der Waals surface area (Å²) in [6.45, 7) is 3.75. The molecule has 2 atom stereocenters. The highest BCUT2D eigenvalue weighted by atomic mass is 32.2. The molecule has 0 bridgehead atoms. The minimum atomic E-state index is 0.0928. The van der Waals surface area contributed by atoms with Crippen molar-refractivity contribution < 1.29 is 9.53 Å². The van der Waals surface area contributed by atoms with E-state index in [1.165, 1.54) is 31.0 Å². The van der Waals surface area contributed by atoms with Crippen molar-refractivity contribution in [2.24, 2.45) is 5.92 Å². The molecule has 1 amide bonds. The molecule has 0 aliphatic heterocycles. The summed E-state index contributed by atoms with van der Waals surface area (Å²) in [6, 6.07) is 0.335. The quantitative estimate of drug-likeness (QED) is 0.585. The molecule has 1 N–H and O–H groups in total. The number of aromatic nitrogens is 3. The number of aryl methyl sites for hydroxylation is 1. The number of amides is 1. The van der Waals surface area contributed by atoms with Crippen molar-refractivity contribution in [3.8, 4) is 0 Å². The van der Waals surface area contributed by atoms with Crippen molar-refractivity contribution in [2.75, 3.05) is 19.5 Å². The van der Waals surface area contributed by atoms with Crippen LogP contribution in [0.4, 0.5) is 0 Å². The van der Waals surface area contributed by atoms with Crippen molar-refractivity contribution in [1.82, 2.24) is 20.1 Å². The van der Waals surface area contributed by atoms with E-state index in [-0.39, 0.29) is 5.91 Å². The third-order valence-electron chi connectivity index (χ3n) is 4.12. The first-order chi connectivity index (χ1) is 10.7. The predicted octanol–water partition coefficient (Wildman–Crippen LogP) is 2.10. The van der Waals surface area contributed by atoms with Gasteiger partial charge in [-0.25, -0.2) is 0 Å². The summed E-state index contributed by atoms with van der Waals surface area (Å²) in [7, 11) is 1.69. The van der Waals surface area contributed by atoms with E-state index in [1.807, 2.05) is 4.57 Å². The van der Waals surface area contributed by atoms with E-state index in [1.54, 1.807) is 13.4 Å². The van der Waals surface area contributed by atoms with Gasteiger partial charge in [0.25, 0.3) is 0 Å². The second-order valence-electron chi connectivity index (χ2n) is 5.88. The summed E-state index contributed by atoms with van der Waals surface area (Å²) in [5.74, 6) is 1.07. The number of rotatable bonds is 8. The number of ether oxygens (including phenoxy) is 1. The minimum Gasteiger partial charge on any atom is -0.385 e. The van der Waals surface area contributed by atoms with Crippen LogP contribution >= 0.6 is 11.8 Å². The van der Waals surface area contributed by atoms with E-state index in [9.17, 15) is 4.79 Å². The third-order valence-corrected chi connectivity index (χ3v) is 5.10. The van der Waals surface area contributed by atoms with Gasteiger partial charge in [-0.3, -0.25) is 4.79 Å². The van der Waals surface area contributed by atoms with Gasteiger partial charge >= 0.3 is 0 Å². The van der Waals surface area contributed by atoms with E-state index in [2.05, 4.69) is 22.4 Å². The van der Waals surface area contributed by atoms with Crippen LogP contribution in [-0.2, 0) is 16.1 Å². The van der Waals surface area contributed by atoms with Crippen LogP contribution in [0.25, 0.3) is 0 Å². The summed E-state index contributed by atoms with van der Waals surface area (Å²) in [5, 5.41) is 12.0. The molecule has 2 rings (SSSR count). The molecule has 2 unspecified atom stereocenters. The summed E-state index contributed by atoms with van der Waals surface area (Å²) < 4.78 is 7.02. The van der Waals surface area contributed by atoms with E-state index in [0.717, 1.165) is 24.5 Å². The third kappa shape index (κ3) is 5.28. The first-order valence-electron chi connectivity index (χ1n) is 7.99. The van der Waals surface area contributed by atoms with Gasteiger partial charge in [0.05, 0.1) is 5.75 Å². The Morgan fingerprint density at radius 3 is 3.09 bits per heavy atom. The fourth-order valence-electron chi connectivity index (χ4n) is 2.80. The SMILES string of the molecule is COCCCn1cnnc1SCC(=O)NC1CCCCC1C. The Bertz CT molecular complexity index is 466. The average molecular weight is 326 g/mol. The van der Waals surface area contributed by atoms with Crippen molar-refractivity contribution >= 4 is 17.7 Å². The lowest BCUT2D eigenvalue weighted by molar-refractivity contribution is -0.119. The van der Waals surface area contributed by atoms with E-state index in [4.69, 9.17) is 4.74 Å². The first kappa shape index (κ1) is 17.3. The molecule has 0 radical (unpaired) electrons. The van der Waals surface area contributed by atoms with Crippen LogP contribution in [-0.4, -0.2) is 46.2 Å². The number of nitrogens with zero attached hydrogens (tertiary/aromatic N) is 3. The maximum Gasteiger partial charge on any atom is 0.230 e. The Kier molecular flexibility index (Phi) is 7.18. The highest BCUT2D eigenvalue weighted by Crippen LogP contribution is 2.24. The van der Waals surface area contributed by atoms with Gasteiger partial charge in [0.1, 0.15) is 6.33 Å². The molecule has 1 heterocycles. The van der Waals surface area contributed by atoms with Gasteiger partial charge in [-0.1, -0.05) is 31.5 Å². The van der Waals surface area contributed by atoms with Gasteiger partial charge < -0.3 is 14.6 Å². The highest BCUT2D eigenvalue weighted by molar-refractivity contribution is 7.99. The largest absolute Gasteiger partial charge is 0.385 e. The Labute approximate surface area is 136 Å². The highest BCUT2D eigenvalue weighted by Gasteiger charge is 2.22. The summed E-state index contributed by atoms with van der Waals surface area (Å²) >= 11 is 1.45. The van der Waals surface area contributed by atoms with Crippen LogP contribution in [0.2, 0.25) is 0 Å². The van der Waals surface area contributed by atoms with Crippen LogP contribution in [0.1, 0.15) is 39.0 Å². The van der Waals surface area contributed by atoms with Gasteiger partial charge in [-0.2, -0.15) is 0 Å². The van der Waals surface area contributed by atoms with Crippen LogP contribution in [0.3, 0.4) is 0 Å². The van der Waals surface area contributed by atoms with E-state index >= 15 is 0 Å². The van der Waals surface area contributed by atoms with Crippen LogP contribution in [0.15, 0.2) is 11.5 Å². The van der Waals surface area contributed by atoms with Crippen LogP contribution < -0.4 is 5.32 Å². The lowest BCUT2D eigenvalue weighted by Gasteiger charge is -2.29. The smallest absolute Gasteiger partial charge is 0.230 e. The van der Waals surface area contributed by atoms with E-state index in [0.29, 0.717) is 24.3 Å². The van der Waals surface area contributed by atoms with Gasteiger partial charge in [0.2, 0.25) is 5.91 Å². The first-order valence-corrected chi connectivity index (χ1v) is 8.98. The molecule has 1 aliphatic rings. The van der Waals surface area contributed by atoms with Gasteiger partial charge in [0.15, 0.2) is 5.16 Å². The molecule has 0 saturated heterocycles. The lowest BCUT2D eigenvalue weighted by atomic mass is 9.86. The molecule has 1 saturated carbocycles. The molecule has 0 aromatic carbocycles. The van der Waals surface area contributed by atoms with Crippen molar-refractivity contribution in [1.29, 1.82) is 0 Å². The molecular formula is C15H26N4O2S. The monoisotopic (exact) mass is 326 g/mol. The Balaban J connectivity index is 1.75. The number of carbonyl (C=O) groups excluding carboxylic acids is 1. The number of methoxy groups -OCH3 is 1. The second kappa shape index (κ2) is 9.15. The molecular weight excluding hydrogens is 300 g/mol. The fraction of sp³-hybridized carbons (Fsp3) is 0.800. The maximum atomic E-state index is 12.1. The minimum absolute atomic E-state index is 0.0928. The zero-order valence-electron chi connectivity index (χ0n) is 13.5. The van der Waals surface area contributed by atoms with Crippen molar-refractivity contribution in [3.05, 3.63) is 6.33 Å². The van der Waals surface area contributed by atoms with E-state index < -0.39 is 0 Å². The maximum absolute atomic E-state index is 12.1. The molecule has 1 aromatic heterocycles. The van der Waals surface area contributed by atoms with Gasteiger partial charge in [-0.15, -0.1) is 10.2 Å². The Hall–Kier alpha value is -1.08. The number of thioether (sulfide) groups is 1. The molecule has 1 aliphatic carbocycles.